The molecule has 1 heterocycles. The van der Waals surface area contributed by atoms with E-state index in [1.54, 1.807) is 0 Å². The number of para-hydroxylation sites is 1. The zero-order chi connectivity index (χ0) is 19.1. The lowest BCUT2D eigenvalue weighted by Gasteiger charge is -2.25. The van der Waals surface area contributed by atoms with E-state index in [-0.39, 0.29) is 0 Å². The Morgan fingerprint density at radius 2 is 2.00 bits per heavy atom. The van der Waals surface area contributed by atoms with Gasteiger partial charge in [-0.25, -0.2) is 4.99 Å². The number of amidine groups is 1. The standard InChI is InChI=1S/C23H23N3/c1-6-8-12-19(7-2)22-15-18(5)23(25-21(16-24)17(3)4)26(22)20-13-10-9-11-14-20/h1,7,9-11,13-15H,5,8,12H2,2-4H3/b19-7+,25-23?. The zero-order valence-electron chi connectivity index (χ0n) is 15.6. The number of anilines is 1. The number of rotatable bonds is 5. The van der Waals surface area contributed by atoms with Crippen LogP contribution in [0.25, 0.3) is 0 Å². The third-order valence-corrected chi connectivity index (χ3v) is 4.08. The third kappa shape index (κ3) is 4.02. The lowest BCUT2D eigenvalue weighted by Crippen LogP contribution is -2.27. The van der Waals surface area contributed by atoms with Gasteiger partial charge in [0.2, 0.25) is 0 Å². The second kappa shape index (κ2) is 8.70. The first kappa shape index (κ1) is 19.0. The molecule has 1 aromatic rings. The largest absolute Gasteiger partial charge is 0.294 e. The molecule has 0 saturated heterocycles. The summed E-state index contributed by atoms with van der Waals surface area (Å²) in [5, 5.41) is 9.42. The average Bonchev–Trinajstić information content (AvgIpc) is 2.96. The third-order valence-electron chi connectivity index (χ3n) is 4.08. The fourth-order valence-corrected chi connectivity index (χ4v) is 2.73. The fraction of sp³-hybridized carbons (Fsp3) is 0.217. The van der Waals surface area contributed by atoms with Crippen molar-refractivity contribution in [3.05, 3.63) is 77.2 Å². The van der Waals surface area contributed by atoms with Crippen LogP contribution in [0.4, 0.5) is 5.69 Å². The van der Waals surface area contributed by atoms with Gasteiger partial charge in [-0.15, -0.1) is 12.3 Å². The van der Waals surface area contributed by atoms with Gasteiger partial charge < -0.3 is 0 Å². The zero-order valence-corrected chi connectivity index (χ0v) is 15.6. The van der Waals surface area contributed by atoms with Crippen LogP contribution in [-0.4, -0.2) is 5.84 Å². The average molecular weight is 341 g/mol. The first-order chi connectivity index (χ1) is 12.5. The minimum Gasteiger partial charge on any atom is -0.294 e. The Balaban J connectivity index is 2.61. The minimum absolute atomic E-state index is 0.405. The van der Waals surface area contributed by atoms with E-state index in [1.165, 1.54) is 0 Å². The van der Waals surface area contributed by atoms with Crippen molar-refractivity contribution in [1.29, 1.82) is 5.26 Å². The normalized spacial score (nSPS) is 15.5. The van der Waals surface area contributed by atoms with Gasteiger partial charge in [-0.1, -0.05) is 30.9 Å². The van der Waals surface area contributed by atoms with E-state index < -0.39 is 0 Å². The van der Waals surface area contributed by atoms with Crippen LogP contribution in [0.1, 0.15) is 33.6 Å². The van der Waals surface area contributed by atoms with Crippen molar-refractivity contribution in [3.8, 4) is 18.4 Å². The molecule has 0 bridgehead atoms. The summed E-state index contributed by atoms with van der Waals surface area (Å²) in [4.78, 5) is 6.67. The second-order valence-corrected chi connectivity index (χ2v) is 6.14. The number of allylic oxidation sites excluding steroid dienone is 4. The summed E-state index contributed by atoms with van der Waals surface area (Å²) in [5.41, 5.74) is 5.16. The summed E-state index contributed by atoms with van der Waals surface area (Å²) in [7, 11) is 0. The van der Waals surface area contributed by atoms with Crippen LogP contribution >= 0.6 is 0 Å². The fourth-order valence-electron chi connectivity index (χ4n) is 2.73. The van der Waals surface area contributed by atoms with Crippen LogP contribution in [0.2, 0.25) is 0 Å². The van der Waals surface area contributed by atoms with Gasteiger partial charge in [0.25, 0.3) is 0 Å². The molecule has 0 fully saturated rings. The Hall–Kier alpha value is -3.30. The molecular weight excluding hydrogens is 318 g/mol. The maximum Gasteiger partial charge on any atom is 0.145 e. The van der Waals surface area contributed by atoms with Gasteiger partial charge in [-0.2, -0.15) is 5.26 Å². The molecule has 0 aromatic heterocycles. The summed E-state index contributed by atoms with van der Waals surface area (Å²) >= 11 is 0. The molecule has 0 aliphatic carbocycles. The van der Waals surface area contributed by atoms with E-state index in [1.807, 2.05) is 57.2 Å². The molecule has 0 N–H and O–H groups in total. The molecule has 3 nitrogen and oxygen atoms in total. The van der Waals surface area contributed by atoms with Crippen molar-refractivity contribution in [1.82, 2.24) is 0 Å². The minimum atomic E-state index is 0.405. The first-order valence-corrected chi connectivity index (χ1v) is 8.55. The van der Waals surface area contributed by atoms with Gasteiger partial charge in [0.05, 0.1) is 5.70 Å². The van der Waals surface area contributed by atoms with E-state index in [9.17, 15) is 5.26 Å². The molecule has 0 atom stereocenters. The van der Waals surface area contributed by atoms with E-state index in [4.69, 9.17) is 6.42 Å². The highest BCUT2D eigenvalue weighted by Gasteiger charge is 2.28. The van der Waals surface area contributed by atoms with E-state index in [0.717, 1.165) is 34.5 Å². The molecule has 0 unspecified atom stereocenters. The predicted molar refractivity (Wildman–Crippen MR) is 109 cm³/mol. The van der Waals surface area contributed by atoms with E-state index in [0.29, 0.717) is 18.0 Å². The maximum atomic E-state index is 9.42. The maximum absolute atomic E-state index is 9.42. The Morgan fingerprint density at radius 3 is 2.54 bits per heavy atom. The van der Waals surface area contributed by atoms with Crippen LogP contribution in [0.15, 0.2) is 82.2 Å². The van der Waals surface area contributed by atoms with Crippen LogP contribution in [0.3, 0.4) is 0 Å². The van der Waals surface area contributed by atoms with Crippen molar-refractivity contribution in [2.45, 2.75) is 33.6 Å². The molecule has 1 aliphatic heterocycles. The summed E-state index contributed by atoms with van der Waals surface area (Å²) in [5.74, 6) is 3.37. The van der Waals surface area contributed by atoms with Gasteiger partial charge in [0.15, 0.2) is 0 Å². The Bertz CT molecular complexity index is 893. The number of nitrogens with zero attached hydrogens (tertiary/aromatic N) is 3. The van der Waals surface area contributed by atoms with Crippen LogP contribution in [0, 0.1) is 23.7 Å². The molecule has 0 amide bonds. The topological polar surface area (TPSA) is 39.4 Å². The highest BCUT2D eigenvalue weighted by atomic mass is 15.2. The number of terminal acetylenes is 1. The molecular formula is C23H23N3. The van der Waals surface area contributed by atoms with Gasteiger partial charge in [-0.05, 0) is 56.5 Å². The Morgan fingerprint density at radius 1 is 1.31 bits per heavy atom. The molecule has 0 radical (unpaired) electrons. The summed E-state index contributed by atoms with van der Waals surface area (Å²) < 4.78 is 0. The molecule has 0 spiro atoms. The lowest BCUT2D eigenvalue weighted by atomic mass is 10.1. The van der Waals surface area contributed by atoms with Crippen LogP contribution < -0.4 is 4.90 Å². The van der Waals surface area contributed by atoms with Gasteiger partial charge in [-0.3, -0.25) is 4.90 Å². The second-order valence-electron chi connectivity index (χ2n) is 6.14. The molecule has 1 aliphatic rings. The summed E-state index contributed by atoms with van der Waals surface area (Å²) in [6.45, 7) is 9.92. The highest BCUT2D eigenvalue weighted by Crippen LogP contribution is 2.34. The molecule has 3 heteroatoms. The molecule has 1 aromatic carbocycles. The Labute approximate surface area is 156 Å². The number of nitriles is 1. The van der Waals surface area contributed by atoms with Crippen molar-refractivity contribution < 1.29 is 0 Å². The lowest BCUT2D eigenvalue weighted by molar-refractivity contribution is 0.992. The quantitative estimate of drug-likeness (QED) is 0.522. The van der Waals surface area contributed by atoms with Crippen molar-refractivity contribution in [3.63, 3.8) is 0 Å². The number of aliphatic imine (C=N–C) groups is 1. The van der Waals surface area contributed by atoms with Gasteiger partial charge >= 0.3 is 0 Å². The molecule has 130 valence electrons. The first-order valence-electron chi connectivity index (χ1n) is 8.55. The Kier molecular flexibility index (Phi) is 6.36. The van der Waals surface area contributed by atoms with Gasteiger partial charge in [0, 0.05) is 17.7 Å². The smallest absolute Gasteiger partial charge is 0.145 e. The number of hydrogen-bond donors (Lipinski definition) is 0. The van der Waals surface area contributed by atoms with Crippen molar-refractivity contribution >= 4 is 11.5 Å². The summed E-state index contributed by atoms with van der Waals surface area (Å²) in [6.07, 6.45) is 11.0. The molecule has 0 saturated carbocycles. The highest BCUT2D eigenvalue weighted by molar-refractivity contribution is 6.17. The monoisotopic (exact) mass is 341 g/mol. The van der Waals surface area contributed by atoms with Crippen molar-refractivity contribution in [2.24, 2.45) is 4.99 Å². The summed E-state index contributed by atoms with van der Waals surface area (Å²) in [6, 6.07) is 12.1. The van der Waals surface area contributed by atoms with E-state index in [2.05, 4.69) is 34.5 Å². The van der Waals surface area contributed by atoms with E-state index >= 15 is 0 Å². The molecule has 26 heavy (non-hydrogen) atoms. The van der Waals surface area contributed by atoms with Crippen molar-refractivity contribution in [2.75, 3.05) is 4.90 Å². The number of hydrogen-bond acceptors (Lipinski definition) is 2. The van der Waals surface area contributed by atoms with Crippen LogP contribution in [0.5, 0.6) is 0 Å². The number of benzene rings is 1. The van der Waals surface area contributed by atoms with Gasteiger partial charge in [0.1, 0.15) is 17.6 Å². The van der Waals surface area contributed by atoms with Crippen LogP contribution in [-0.2, 0) is 0 Å². The SMILES string of the molecule is C#CCC/C(=C\C)C1=CC(=C)C(=NC(C#N)=C(C)C)N1c1ccccc1. The predicted octanol–water partition coefficient (Wildman–Crippen LogP) is 5.52. The molecule has 2 rings (SSSR count).